The molecule has 0 spiro atoms. The Balaban J connectivity index is 2.98. The van der Waals surface area contributed by atoms with Gasteiger partial charge in [0.05, 0.1) is 10.5 Å². The molecule has 6 heteroatoms. The number of hydrogen-bond acceptors (Lipinski definition) is 3. The van der Waals surface area contributed by atoms with Crippen molar-refractivity contribution in [1.82, 2.24) is 0 Å². The average molecular weight is 288 g/mol. The molecule has 1 aromatic rings. The lowest BCUT2D eigenvalue weighted by atomic mass is 10.1. The summed E-state index contributed by atoms with van der Waals surface area (Å²) in [4.78, 5) is 22.4. The van der Waals surface area contributed by atoms with Gasteiger partial charge in [-0.15, -0.1) is 0 Å². The standard InChI is InChI=1S/C13H14F2O3S/c1-3-4-7(2)13(18)19-11-5-8(12(16)17)9(14)6-10(11)15/h5-7H,3-4H2,1-2H3,(H,16,17). The number of hydrogen-bond donors (Lipinski definition) is 1. The molecule has 0 aliphatic rings. The van der Waals surface area contributed by atoms with Crippen LogP contribution < -0.4 is 0 Å². The molecule has 1 unspecified atom stereocenters. The minimum atomic E-state index is -1.49. The lowest BCUT2D eigenvalue weighted by Crippen LogP contribution is -2.08. The van der Waals surface area contributed by atoms with E-state index < -0.39 is 23.2 Å². The predicted octanol–water partition coefficient (Wildman–Crippen LogP) is 3.72. The Kier molecular flexibility index (Phi) is 5.47. The number of carbonyl (C=O) groups excluding carboxylic acids is 1. The van der Waals surface area contributed by atoms with Crippen LogP contribution in [0.1, 0.15) is 37.0 Å². The molecule has 0 fully saturated rings. The number of carbonyl (C=O) groups is 2. The maximum absolute atomic E-state index is 13.5. The zero-order valence-corrected chi connectivity index (χ0v) is 11.4. The van der Waals surface area contributed by atoms with Crippen molar-refractivity contribution in [2.75, 3.05) is 0 Å². The lowest BCUT2D eigenvalue weighted by Gasteiger charge is -2.09. The highest BCUT2D eigenvalue weighted by molar-refractivity contribution is 8.13. The lowest BCUT2D eigenvalue weighted by molar-refractivity contribution is -0.114. The van der Waals surface area contributed by atoms with Crippen molar-refractivity contribution in [2.24, 2.45) is 5.92 Å². The highest BCUT2D eigenvalue weighted by Gasteiger charge is 2.20. The summed E-state index contributed by atoms with van der Waals surface area (Å²) < 4.78 is 26.7. The fourth-order valence-corrected chi connectivity index (χ4v) is 2.40. The molecule has 0 aliphatic heterocycles. The van der Waals surface area contributed by atoms with Crippen LogP contribution in [0.5, 0.6) is 0 Å². The summed E-state index contributed by atoms with van der Waals surface area (Å²) in [6.45, 7) is 3.65. The molecule has 0 aromatic heterocycles. The van der Waals surface area contributed by atoms with Crippen LogP contribution in [-0.4, -0.2) is 16.2 Å². The van der Waals surface area contributed by atoms with Crippen molar-refractivity contribution in [2.45, 2.75) is 31.6 Å². The third-order valence-electron chi connectivity index (χ3n) is 2.59. The Hall–Kier alpha value is -1.43. The van der Waals surface area contributed by atoms with Gasteiger partial charge in [0.1, 0.15) is 11.6 Å². The molecule has 0 saturated carbocycles. The van der Waals surface area contributed by atoms with Crippen LogP contribution in [-0.2, 0) is 4.79 Å². The van der Waals surface area contributed by atoms with Crippen LogP contribution in [0.3, 0.4) is 0 Å². The van der Waals surface area contributed by atoms with E-state index in [0.717, 1.165) is 12.5 Å². The smallest absolute Gasteiger partial charge is 0.338 e. The van der Waals surface area contributed by atoms with Crippen LogP contribution in [0.25, 0.3) is 0 Å². The molecular formula is C13H14F2O3S. The molecule has 0 heterocycles. The molecule has 19 heavy (non-hydrogen) atoms. The average Bonchev–Trinajstić information content (AvgIpc) is 2.32. The highest BCUT2D eigenvalue weighted by atomic mass is 32.2. The van der Waals surface area contributed by atoms with Gasteiger partial charge in [-0.1, -0.05) is 20.3 Å². The second-order valence-electron chi connectivity index (χ2n) is 4.18. The molecule has 0 amide bonds. The van der Waals surface area contributed by atoms with Crippen molar-refractivity contribution in [3.8, 4) is 0 Å². The van der Waals surface area contributed by atoms with E-state index in [0.29, 0.717) is 24.2 Å². The molecule has 0 aliphatic carbocycles. The number of aromatic carboxylic acids is 1. The van der Waals surface area contributed by atoms with Crippen molar-refractivity contribution in [3.05, 3.63) is 29.3 Å². The topological polar surface area (TPSA) is 54.4 Å². The first-order valence-corrected chi connectivity index (χ1v) is 6.62. The minimum absolute atomic E-state index is 0.160. The Bertz CT molecular complexity index is 503. The summed E-state index contributed by atoms with van der Waals surface area (Å²) in [6.07, 6.45) is 1.49. The van der Waals surface area contributed by atoms with E-state index >= 15 is 0 Å². The van der Waals surface area contributed by atoms with Crippen molar-refractivity contribution >= 4 is 22.8 Å². The third kappa shape index (κ3) is 4.02. The molecular weight excluding hydrogens is 274 g/mol. The maximum Gasteiger partial charge on any atom is 0.338 e. The Morgan fingerprint density at radius 3 is 2.47 bits per heavy atom. The monoisotopic (exact) mass is 288 g/mol. The van der Waals surface area contributed by atoms with Gasteiger partial charge in [-0.2, -0.15) is 0 Å². The molecule has 1 aromatic carbocycles. The summed E-state index contributed by atoms with van der Waals surface area (Å²) >= 11 is 0.615. The van der Waals surface area contributed by atoms with Crippen LogP contribution in [0.2, 0.25) is 0 Å². The molecule has 0 radical (unpaired) electrons. The summed E-state index contributed by atoms with van der Waals surface area (Å²) in [5, 5.41) is 8.49. The Morgan fingerprint density at radius 2 is 1.95 bits per heavy atom. The fourth-order valence-electron chi connectivity index (χ4n) is 1.53. The Morgan fingerprint density at radius 1 is 1.32 bits per heavy atom. The van der Waals surface area contributed by atoms with E-state index in [4.69, 9.17) is 5.11 Å². The second-order valence-corrected chi connectivity index (χ2v) is 5.22. The van der Waals surface area contributed by atoms with Crippen molar-refractivity contribution in [3.63, 3.8) is 0 Å². The molecule has 0 saturated heterocycles. The van der Waals surface area contributed by atoms with Crippen molar-refractivity contribution in [1.29, 1.82) is 0 Å². The van der Waals surface area contributed by atoms with Crippen molar-refractivity contribution < 1.29 is 23.5 Å². The largest absolute Gasteiger partial charge is 0.478 e. The maximum atomic E-state index is 13.5. The number of carboxylic acid groups (broad SMARTS) is 1. The van der Waals surface area contributed by atoms with Crippen LogP contribution in [0, 0.1) is 17.6 Å². The van der Waals surface area contributed by atoms with Crippen LogP contribution in [0.4, 0.5) is 8.78 Å². The Labute approximate surface area is 114 Å². The number of benzene rings is 1. The van der Waals surface area contributed by atoms with Gasteiger partial charge in [0.25, 0.3) is 0 Å². The molecule has 0 bridgehead atoms. The summed E-state index contributed by atoms with van der Waals surface area (Å²) in [5.74, 6) is -3.82. The van der Waals surface area contributed by atoms with E-state index in [1.807, 2.05) is 6.92 Å². The van der Waals surface area contributed by atoms with Gasteiger partial charge in [0, 0.05) is 12.0 Å². The van der Waals surface area contributed by atoms with E-state index in [1.165, 1.54) is 0 Å². The van der Waals surface area contributed by atoms with Gasteiger partial charge < -0.3 is 5.11 Å². The van der Waals surface area contributed by atoms with E-state index in [-0.39, 0.29) is 15.9 Å². The van der Waals surface area contributed by atoms with E-state index in [2.05, 4.69) is 0 Å². The number of halogens is 2. The van der Waals surface area contributed by atoms with Gasteiger partial charge in [-0.05, 0) is 24.2 Å². The molecule has 1 atom stereocenters. The first-order chi connectivity index (χ1) is 8.86. The quantitative estimate of drug-likeness (QED) is 0.839. The fraction of sp³-hybridized carbons (Fsp3) is 0.385. The molecule has 3 nitrogen and oxygen atoms in total. The van der Waals surface area contributed by atoms with E-state index in [1.54, 1.807) is 6.92 Å². The number of carboxylic acids is 1. The summed E-state index contributed by atoms with van der Waals surface area (Å²) in [5.41, 5.74) is -0.639. The third-order valence-corrected chi connectivity index (χ3v) is 3.72. The van der Waals surface area contributed by atoms with Gasteiger partial charge in [0.2, 0.25) is 0 Å². The second kappa shape index (κ2) is 6.65. The minimum Gasteiger partial charge on any atom is -0.478 e. The number of thioether (sulfide) groups is 1. The summed E-state index contributed by atoms with van der Waals surface area (Å²) in [6, 6.07) is 1.35. The van der Waals surface area contributed by atoms with Gasteiger partial charge in [0.15, 0.2) is 5.12 Å². The SMILES string of the molecule is CCCC(C)C(=O)Sc1cc(C(=O)O)c(F)cc1F. The van der Waals surface area contributed by atoms with Gasteiger partial charge in [-0.25, -0.2) is 13.6 Å². The predicted molar refractivity (Wildman–Crippen MR) is 68.3 cm³/mol. The summed E-state index contributed by atoms with van der Waals surface area (Å²) in [7, 11) is 0. The number of rotatable bonds is 5. The molecule has 1 N–H and O–H groups in total. The van der Waals surface area contributed by atoms with Gasteiger partial charge >= 0.3 is 5.97 Å². The molecule has 104 valence electrons. The normalized spacial score (nSPS) is 12.2. The zero-order chi connectivity index (χ0) is 14.6. The van der Waals surface area contributed by atoms with Crippen LogP contribution in [0.15, 0.2) is 17.0 Å². The van der Waals surface area contributed by atoms with E-state index in [9.17, 15) is 18.4 Å². The zero-order valence-electron chi connectivity index (χ0n) is 10.6. The highest BCUT2D eigenvalue weighted by Crippen LogP contribution is 2.28. The first kappa shape index (κ1) is 15.6. The van der Waals surface area contributed by atoms with Crippen LogP contribution >= 0.6 is 11.8 Å². The first-order valence-electron chi connectivity index (χ1n) is 5.80. The van der Waals surface area contributed by atoms with Gasteiger partial charge in [-0.3, -0.25) is 4.79 Å². The molecule has 1 rings (SSSR count).